The molecule has 0 bridgehead atoms. The molecule has 0 aromatic heterocycles. The van der Waals surface area contributed by atoms with Crippen LogP contribution in [0.25, 0.3) is 0 Å². The van der Waals surface area contributed by atoms with E-state index >= 15 is 0 Å². The minimum Gasteiger partial charge on any atom is -0.378 e. The number of benzene rings is 1. The van der Waals surface area contributed by atoms with Crippen LogP contribution in [0.2, 0.25) is 0 Å². The Morgan fingerprint density at radius 1 is 1.50 bits per heavy atom. The summed E-state index contributed by atoms with van der Waals surface area (Å²) in [6, 6.07) is 6.15. The molecule has 0 saturated carbocycles. The van der Waals surface area contributed by atoms with E-state index in [1.807, 2.05) is 12.1 Å². The summed E-state index contributed by atoms with van der Waals surface area (Å²) in [6.07, 6.45) is 0.780. The first-order valence-electron chi connectivity index (χ1n) is 5.39. The van der Waals surface area contributed by atoms with Crippen LogP contribution < -0.4 is 0 Å². The highest BCUT2D eigenvalue weighted by Gasteiger charge is 2.47. The van der Waals surface area contributed by atoms with E-state index in [4.69, 9.17) is 4.74 Å². The van der Waals surface area contributed by atoms with Crippen molar-refractivity contribution in [2.75, 3.05) is 13.2 Å². The molecule has 4 heteroatoms. The smallest absolute Gasteiger partial charge is 0.139 e. The maximum absolute atomic E-state index is 14.1. The van der Waals surface area contributed by atoms with Crippen molar-refractivity contribution in [2.45, 2.75) is 28.7 Å². The highest BCUT2D eigenvalue weighted by molar-refractivity contribution is 9.10. The van der Waals surface area contributed by atoms with Crippen molar-refractivity contribution in [1.29, 1.82) is 0 Å². The number of hydrogen-bond acceptors (Lipinski definition) is 2. The van der Waals surface area contributed by atoms with Crippen molar-refractivity contribution in [2.24, 2.45) is 0 Å². The van der Waals surface area contributed by atoms with Crippen LogP contribution in [0, 0.1) is 0 Å². The molecule has 16 heavy (non-hydrogen) atoms. The van der Waals surface area contributed by atoms with Crippen LogP contribution in [0.1, 0.15) is 12.0 Å². The quantitative estimate of drug-likeness (QED) is 0.724. The standard InChI is InChI=1S/C12H12BrFOS/c13-9-3-1-2-8-6-12(16-11(8)9)4-5-15-7-10(12)14/h1-3,10H,4-7H2. The van der Waals surface area contributed by atoms with Gasteiger partial charge in [0.05, 0.1) is 11.4 Å². The molecule has 0 amide bonds. The van der Waals surface area contributed by atoms with E-state index in [0.29, 0.717) is 6.61 Å². The summed E-state index contributed by atoms with van der Waals surface area (Å²) in [4.78, 5) is 1.21. The van der Waals surface area contributed by atoms with Crippen LogP contribution in [-0.2, 0) is 11.2 Å². The fourth-order valence-electron chi connectivity index (χ4n) is 2.42. The van der Waals surface area contributed by atoms with E-state index in [1.54, 1.807) is 11.8 Å². The molecule has 2 heterocycles. The zero-order valence-corrected chi connectivity index (χ0v) is 11.1. The maximum atomic E-state index is 14.1. The zero-order chi connectivity index (χ0) is 11.2. The van der Waals surface area contributed by atoms with Crippen molar-refractivity contribution in [3.63, 3.8) is 0 Å². The minimum atomic E-state index is -0.856. The predicted octanol–water partition coefficient (Wildman–Crippen LogP) is 3.59. The third-order valence-corrected chi connectivity index (χ3v) is 5.97. The average Bonchev–Trinajstić information content (AvgIpc) is 2.64. The van der Waals surface area contributed by atoms with Crippen LogP contribution in [-0.4, -0.2) is 24.1 Å². The van der Waals surface area contributed by atoms with Crippen molar-refractivity contribution < 1.29 is 9.13 Å². The molecule has 0 radical (unpaired) electrons. The van der Waals surface area contributed by atoms with Crippen molar-refractivity contribution in [3.8, 4) is 0 Å². The number of thioether (sulfide) groups is 1. The molecule has 2 unspecified atom stereocenters. The van der Waals surface area contributed by atoms with Crippen molar-refractivity contribution in [3.05, 3.63) is 28.2 Å². The highest BCUT2D eigenvalue weighted by atomic mass is 79.9. The number of rotatable bonds is 0. The van der Waals surface area contributed by atoms with Crippen molar-refractivity contribution in [1.82, 2.24) is 0 Å². The van der Waals surface area contributed by atoms with Crippen LogP contribution in [0.15, 0.2) is 27.6 Å². The van der Waals surface area contributed by atoms with Gasteiger partial charge in [-0.25, -0.2) is 4.39 Å². The number of ether oxygens (including phenoxy) is 1. The lowest BCUT2D eigenvalue weighted by molar-refractivity contribution is 0.0133. The SMILES string of the molecule is FC1COCCC12Cc1cccc(Br)c1S2. The van der Waals surface area contributed by atoms with Gasteiger partial charge in [0.1, 0.15) is 6.17 Å². The summed E-state index contributed by atoms with van der Waals surface area (Å²) in [5, 5.41) is 0. The van der Waals surface area contributed by atoms with E-state index in [-0.39, 0.29) is 11.4 Å². The molecule has 1 aromatic carbocycles. The topological polar surface area (TPSA) is 9.23 Å². The van der Waals surface area contributed by atoms with Gasteiger partial charge in [-0.05, 0) is 40.4 Å². The van der Waals surface area contributed by atoms with Crippen LogP contribution in [0.4, 0.5) is 4.39 Å². The van der Waals surface area contributed by atoms with Gasteiger partial charge in [0, 0.05) is 16.0 Å². The maximum Gasteiger partial charge on any atom is 0.139 e. The normalized spacial score (nSPS) is 33.0. The fourth-order valence-corrected chi connectivity index (χ4v) is 4.53. The van der Waals surface area contributed by atoms with Gasteiger partial charge in [0.2, 0.25) is 0 Å². The summed E-state index contributed by atoms with van der Waals surface area (Å²) < 4.78 is 20.1. The van der Waals surface area contributed by atoms with Gasteiger partial charge in [-0.3, -0.25) is 0 Å². The Hall–Kier alpha value is -0.0600. The molecule has 3 rings (SSSR count). The van der Waals surface area contributed by atoms with Crippen LogP contribution in [0.3, 0.4) is 0 Å². The first-order valence-corrected chi connectivity index (χ1v) is 7.00. The number of hydrogen-bond donors (Lipinski definition) is 0. The lowest BCUT2D eigenvalue weighted by atomic mass is 9.90. The lowest BCUT2D eigenvalue weighted by Crippen LogP contribution is -2.44. The van der Waals surface area contributed by atoms with Crippen molar-refractivity contribution >= 4 is 27.7 Å². The third kappa shape index (κ3) is 1.62. The molecular formula is C12H12BrFOS. The Labute approximate surface area is 107 Å². The molecule has 2 atom stereocenters. The summed E-state index contributed by atoms with van der Waals surface area (Å²) >= 11 is 5.23. The molecule has 2 aliphatic heterocycles. The Bertz CT molecular complexity index is 425. The fraction of sp³-hybridized carbons (Fsp3) is 0.500. The Morgan fingerprint density at radius 3 is 3.12 bits per heavy atom. The van der Waals surface area contributed by atoms with Crippen LogP contribution in [0.5, 0.6) is 0 Å². The highest BCUT2D eigenvalue weighted by Crippen LogP contribution is 2.53. The summed E-state index contributed by atoms with van der Waals surface area (Å²) in [6.45, 7) is 0.928. The van der Waals surface area contributed by atoms with E-state index in [0.717, 1.165) is 17.3 Å². The number of fused-ring (bicyclic) bond motifs is 1. The monoisotopic (exact) mass is 302 g/mol. The summed E-state index contributed by atoms with van der Waals surface area (Å²) in [5.41, 5.74) is 1.27. The van der Waals surface area contributed by atoms with Gasteiger partial charge in [0.25, 0.3) is 0 Å². The molecule has 1 aromatic rings. The Balaban J connectivity index is 1.97. The summed E-state index contributed by atoms with van der Waals surface area (Å²) in [5.74, 6) is 0. The number of alkyl halides is 1. The van der Waals surface area contributed by atoms with Crippen LogP contribution >= 0.6 is 27.7 Å². The van der Waals surface area contributed by atoms with Gasteiger partial charge >= 0.3 is 0 Å². The van der Waals surface area contributed by atoms with Gasteiger partial charge < -0.3 is 4.74 Å². The second-order valence-electron chi connectivity index (χ2n) is 4.36. The van der Waals surface area contributed by atoms with E-state index in [2.05, 4.69) is 22.0 Å². The molecular weight excluding hydrogens is 291 g/mol. The van der Waals surface area contributed by atoms with Gasteiger partial charge in [-0.2, -0.15) is 0 Å². The molecule has 1 nitrogen and oxygen atoms in total. The first kappa shape index (κ1) is 11.1. The molecule has 86 valence electrons. The first-order chi connectivity index (χ1) is 7.71. The predicted molar refractivity (Wildman–Crippen MR) is 66.8 cm³/mol. The molecule has 2 aliphatic rings. The zero-order valence-electron chi connectivity index (χ0n) is 8.71. The Morgan fingerprint density at radius 2 is 2.38 bits per heavy atom. The van der Waals surface area contributed by atoms with E-state index in [1.165, 1.54) is 10.5 Å². The minimum absolute atomic E-state index is 0.249. The average molecular weight is 303 g/mol. The molecule has 1 spiro atoms. The Kier molecular flexibility index (Phi) is 2.76. The summed E-state index contributed by atoms with van der Waals surface area (Å²) in [7, 11) is 0. The molecule has 0 aliphatic carbocycles. The van der Waals surface area contributed by atoms with Gasteiger partial charge in [0.15, 0.2) is 0 Å². The number of halogens is 2. The lowest BCUT2D eigenvalue weighted by Gasteiger charge is -2.35. The van der Waals surface area contributed by atoms with E-state index < -0.39 is 6.17 Å². The second kappa shape index (κ2) is 4.00. The van der Waals surface area contributed by atoms with Gasteiger partial charge in [-0.1, -0.05) is 12.1 Å². The van der Waals surface area contributed by atoms with E-state index in [9.17, 15) is 4.39 Å². The van der Waals surface area contributed by atoms with Gasteiger partial charge in [-0.15, -0.1) is 11.8 Å². The molecule has 1 saturated heterocycles. The second-order valence-corrected chi connectivity index (χ2v) is 6.64. The molecule has 0 N–H and O–H groups in total. The largest absolute Gasteiger partial charge is 0.378 e. The molecule has 1 fully saturated rings. The third-order valence-electron chi connectivity index (χ3n) is 3.35.